The van der Waals surface area contributed by atoms with Gasteiger partial charge in [0.1, 0.15) is 0 Å². The predicted molar refractivity (Wildman–Crippen MR) is 43.5 cm³/mol. The second kappa shape index (κ2) is 2.22. The summed E-state index contributed by atoms with van der Waals surface area (Å²) in [5.74, 6) is 0. The van der Waals surface area contributed by atoms with E-state index < -0.39 is 21.9 Å². The van der Waals surface area contributed by atoms with E-state index in [0.29, 0.717) is 5.70 Å². The predicted octanol–water partition coefficient (Wildman–Crippen LogP) is 2.89. The Labute approximate surface area is 70.8 Å². The molecule has 0 radical (unpaired) electrons. The summed E-state index contributed by atoms with van der Waals surface area (Å²) in [7, 11) is -10.5. The highest BCUT2D eigenvalue weighted by molar-refractivity contribution is 7.40. The van der Waals surface area contributed by atoms with Crippen molar-refractivity contribution in [3.05, 3.63) is 10.9 Å². The number of allylic oxidation sites excluding steroid dienone is 1. The molecule has 0 spiro atoms. The fourth-order valence-corrected chi connectivity index (χ4v) is 7.04. The largest absolute Gasteiger partial charge is 0.506 e. The molecule has 1 heterocycles. The maximum atomic E-state index is 12.9. The third-order valence-electron chi connectivity index (χ3n) is 1.89. The Balaban J connectivity index is 3.02. The lowest BCUT2D eigenvalue weighted by molar-refractivity contribution is 0.471. The van der Waals surface area contributed by atoms with Crippen LogP contribution in [0.2, 0.25) is 0 Å². The number of halogens is 4. The third kappa shape index (κ3) is 1.17. The Kier molecular flexibility index (Phi) is 1.85. The highest BCUT2D eigenvalue weighted by atomic mass is 29.3. The van der Waals surface area contributed by atoms with Crippen molar-refractivity contribution in [2.75, 3.05) is 0 Å². The quantitative estimate of drug-likeness (QED) is 0.330. The van der Waals surface area contributed by atoms with Gasteiger partial charge in [-0.05, 0) is 16.3 Å². The Hall–Kier alpha value is -0.106. The number of hydrogen-bond acceptors (Lipinski definition) is 0. The molecular formula is C6H10F4Si2. The van der Waals surface area contributed by atoms with Crippen LogP contribution in [0.4, 0.5) is 16.4 Å². The first kappa shape index (κ1) is 9.98. The van der Waals surface area contributed by atoms with Crippen LogP contribution < -0.4 is 0 Å². The van der Waals surface area contributed by atoms with Gasteiger partial charge < -0.3 is 0 Å². The van der Waals surface area contributed by atoms with Gasteiger partial charge in [0.05, 0.1) is 0 Å². The molecule has 0 aromatic carbocycles. The second-order valence-corrected chi connectivity index (χ2v) is 11.1. The van der Waals surface area contributed by atoms with E-state index in [2.05, 4.69) is 0 Å². The standard InChI is InChI=1S/C6H10F4Si2/c1-6(2,3)5-4-11(7,8)12(5,9)10/h4H,1-3H3. The normalized spacial score (nSPS) is 26.1. The molecule has 0 N–H and O–H groups in total. The lowest BCUT2D eigenvalue weighted by Gasteiger charge is -2.37. The first-order chi connectivity index (χ1) is 5.09. The Morgan fingerprint density at radius 3 is 1.58 bits per heavy atom. The van der Waals surface area contributed by atoms with Gasteiger partial charge in [0, 0.05) is 0 Å². The molecule has 1 rings (SSSR count). The zero-order valence-corrected chi connectivity index (χ0v) is 9.09. The van der Waals surface area contributed by atoms with E-state index in [-0.39, 0.29) is 5.20 Å². The first-order valence-corrected chi connectivity index (χ1v) is 8.17. The minimum atomic E-state index is -5.28. The van der Waals surface area contributed by atoms with Crippen LogP contribution in [0.25, 0.3) is 0 Å². The van der Waals surface area contributed by atoms with Crippen LogP contribution in [0.3, 0.4) is 0 Å². The highest BCUT2D eigenvalue weighted by Crippen LogP contribution is 2.49. The van der Waals surface area contributed by atoms with Gasteiger partial charge in [-0.25, -0.2) is 0 Å². The molecule has 0 bridgehead atoms. The van der Waals surface area contributed by atoms with Crippen LogP contribution in [-0.4, -0.2) is 16.5 Å². The van der Waals surface area contributed by atoms with Crippen molar-refractivity contribution < 1.29 is 16.4 Å². The van der Waals surface area contributed by atoms with E-state index in [1.165, 1.54) is 0 Å². The maximum absolute atomic E-state index is 12.9. The SMILES string of the molecule is CC(C)(C)C1=C[Si](F)(F)[Si]1(F)F. The van der Waals surface area contributed by atoms with Crippen molar-refractivity contribution in [1.82, 2.24) is 0 Å². The van der Waals surface area contributed by atoms with Gasteiger partial charge in [0.2, 0.25) is 0 Å². The van der Waals surface area contributed by atoms with Crippen LogP contribution >= 0.6 is 0 Å². The van der Waals surface area contributed by atoms with Crippen molar-refractivity contribution in [2.45, 2.75) is 20.8 Å². The van der Waals surface area contributed by atoms with E-state index >= 15 is 0 Å². The van der Waals surface area contributed by atoms with Gasteiger partial charge in [0.25, 0.3) is 0 Å². The molecule has 0 saturated carbocycles. The van der Waals surface area contributed by atoms with Gasteiger partial charge in [0.15, 0.2) is 0 Å². The van der Waals surface area contributed by atoms with E-state index in [0.717, 1.165) is 0 Å². The fourth-order valence-electron chi connectivity index (χ4n) is 1.15. The third-order valence-corrected chi connectivity index (χ3v) is 8.99. The minimum absolute atomic E-state index is 0.272. The van der Waals surface area contributed by atoms with Crippen LogP contribution in [0.15, 0.2) is 10.9 Å². The minimum Gasteiger partial charge on any atom is -0.262 e. The van der Waals surface area contributed by atoms with E-state index in [4.69, 9.17) is 0 Å². The summed E-state index contributed by atoms with van der Waals surface area (Å²) in [4.78, 5) is 0. The molecule has 6 heteroatoms. The van der Waals surface area contributed by atoms with Gasteiger partial charge in [-0.3, -0.25) is 16.4 Å². The number of rotatable bonds is 0. The summed E-state index contributed by atoms with van der Waals surface area (Å²) in [5, 5.41) is -0.272. The molecule has 70 valence electrons. The molecule has 0 saturated heterocycles. The zero-order valence-electron chi connectivity index (χ0n) is 7.09. The van der Waals surface area contributed by atoms with Crippen molar-refractivity contribution in [3.8, 4) is 0 Å². The Morgan fingerprint density at radius 2 is 1.50 bits per heavy atom. The average Bonchev–Trinajstić information content (AvgIpc) is 1.81. The highest BCUT2D eigenvalue weighted by Gasteiger charge is 2.75. The summed E-state index contributed by atoms with van der Waals surface area (Å²) in [6.45, 7) is 4.64. The molecule has 1 aliphatic rings. The van der Waals surface area contributed by atoms with E-state index in [1.54, 1.807) is 20.8 Å². The van der Waals surface area contributed by atoms with Gasteiger partial charge in [-0.1, -0.05) is 20.8 Å². The average molecular weight is 214 g/mol. The van der Waals surface area contributed by atoms with Gasteiger partial charge in [-0.15, -0.1) is 0 Å². The summed E-state index contributed by atoms with van der Waals surface area (Å²) in [6.07, 6.45) is 0. The van der Waals surface area contributed by atoms with E-state index in [9.17, 15) is 16.4 Å². The van der Waals surface area contributed by atoms with Crippen molar-refractivity contribution in [1.29, 1.82) is 0 Å². The lowest BCUT2D eigenvalue weighted by atomic mass is 9.97. The van der Waals surface area contributed by atoms with Gasteiger partial charge in [-0.2, -0.15) is 0 Å². The molecule has 1 aliphatic heterocycles. The monoisotopic (exact) mass is 214 g/mol. The van der Waals surface area contributed by atoms with Gasteiger partial charge >= 0.3 is 16.5 Å². The molecule has 0 nitrogen and oxygen atoms in total. The van der Waals surface area contributed by atoms with Crippen molar-refractivity contribution in [3.63, 3.8) is 0 Å². The maximum Gasteiger partial charge on any atom is 0.506 e. The van der Waals surface area contributed by atoms with Crippen LogP contribution in [-0.2, 0) is 0 Å². The summed E-state index contributed by atoms with van der Waals surface area (Å²) in [5.41, 5.74) is -0.233. The lowest BCUT2D eigenvalue weighted by Crippen LogP contribution is -2.62. The van der Waals surface area contributed by atoms with Crippen LogP contribution in [0.1, 0.15) is 20.8 Å². The van der Waals surface area contributed by atoms with Crippen LogP contribution in [0.5, 0.6) is 0 Å². The Bertz CT molecular complexity index is 238. The summed E-state index contributed by atoms with van der Waals surface area (Å²) in [6, 6.07) is 0. The van der Waals surface area contributed by atoms with E-state index in [1.807, 2.05) is 0 Å². The van der Waals surface area contributed by atoms with Crippen molar-refractivity contribution in [2.24, 2.45) is 5.41 Å². The summed E-state index contributed by atoms with van der Waals surface area (Å²) >= 11 is 0. The fraction of sp³-hybridized carbons (Fsp3) is 0.667. The molecule has 0 unspecified atom stereocenters. The molecule has 0 amide bonds. The molecule has 0 aromatic heterocycles. The zero-order chi connectivity index (χ0) is 9.78. The topological polar surface area (TPSA) is 0 Å². The van der Waals surface area contributed by atoms with Crippen molar-refractivity contribution >= 4 is 16.5 Å². The Morgan fingerprint density at radius 1 is 1.08 bits per heavy atom. The smallest absolute Gasteiger partial charge is 0.262 e. The first-order valence-electron chi connectivity index (χ1n) is 3.58. The molecule has 0 atom stereocenters. The molecule has 0 fully saturated rings. The molecule has 12 heavy (non-hydrogen) atoms. The summed E-state index contributed by atoms with van der Waals surface area (Å²) < 4.78 is 50.7. The second-order valence-electron chi connectivity index (χ2n) is 4.01. The molecule has 0 aliphatic carbocycles. The number of hydrogen-bond donors (Lipinski definition) is 0. The van der Waals surface area contributed by atoms with Crippen LogP contribution in [0, 0.1) is 5.41 Å². The molecular weight excluding hydrogens is 204 g/mol. The molecule has 0 aromatic rings.